The zero-order valence-corrected chi connectivity index (χ0v) is 15.7. The average molecular weight is 367 g/mol. The van der Waals surface area contributed by atoms with Crippen molar-refractivity contribution in [3.63, 3.8) is 0 Å². The zero-order chi connectivity index (χ0) is 19.2. The molecule has 146 valence electrons. The molecule has 1 aliphatic heterocycles. The number of nitrogens with one attached hydrogen (secondary N) is 1. The molecule has 0 amide bonds. The number of quaternary nitrogens is 1. The first-order valence-electron chi connectivity index (χ1n) is 9.03. The Hall–Kier alpha value is -1.67. The van der Waals surface area contributed by atoms with Gasteiger partial charge >= 0.3 is 5.97 Å². The number of rotatable bonds is 7. The topological polar surface area (TPSA) is 92.5 Å². The molecular weight excluding hydrogens is 338 g/mol. The molecule has 0 bridgehead atoms. The van der Waals surface area contributed by atoms with Crippen molar-refractivity contribution in [1.29, 1.82) is 0 Å². The van der Waals surface area contributed by atoms with Gasteiger partial charge in [0.15, 0.2) is 12.3 Å². The van der Waals surface area contributed by atoms with Crippen molar-refractivity contribution < 1.29 is 29.4 Å². The summed E-state index contributed by atoms with van der Waals surface area (Å²) in [4.78, 5) is 11.7. The summed E-state index contributed by atoms with van der Waals surface area (Å²) in [5, 5.41) is 20.1. The summed E-state index contributed by atoms with van der Waals surface area (Å²) in [6.45, 7) is 6.65. The molecule has 0 spiro atoms. The highest BCUT2D eigenvalue weighted by molar-refractivity contribution is 5.71. The summed E-state index contributed by atoms with van der Waals surface area (Å²) in [5.41, 5.74) is 0.424. The van der Waals surface area contributed by atoms with Crippen molar-refractivity contribution in [2.24, 2.45) is 5.92 Å². The van der Waals surface area contributed by atoms with Gasteiger partial charge in [0.2, 0.25) is 0 Å². The number of hydrogen-bond donors (Lipinski definition) is 2. The normalized spacial score (nSPS) is 17.0. The zero-order valence-electron chi connectivity index (χ0n) is 15.7. The van der Waals surface area contributed by atoms with Crippen LogP contribution in [-0.4, -0.2) is 36.6 Å². The maximum absolute atomic E-state index is 11.7. The minimum Gasteiger partial charge on any atom is -0.595 e. The van der Waals surface area contributed by atoms with Gasteiger partial charge in [-0.1, -0.05) is 0 Å². The molecule has 0 saturated carbocycles. The molecule has 1 heterocycles. The number of hydrogen-bond acceptors (Lipinski definition) is 6. The second kappa shape index (κ2) is 9.32. The van der Waals surface area contributed by atoms with E-state index in [1.807, 2.05) is 0 Å². The monoisotopic (exact) mass is 367 g/mol. The van der Waals surface area contributed by atoms with Crippen molar-refractivity contribution in [2.75, 3.05) is 19.8 Å². The molecule has 0 aromatic heterocycles. The molecular formula is C19H29NO6. The smallest absolute Gasteiger partial charge is 0.344 e. The predicted octanol–water partition coefficient (Wildman–Crippen LogP) is 2.17. The summed E-state index contributed by atoms with van der Waals surface area (Å²) in [6, 6.07) is 4.95. The molecule has 26 heavy (non-hydrogen) atoms. The predicted molar refractivity (Wildman–Crippen MR) is 95.4 cm³/mol. The lowest BCUT2D eigenvalue weighted by Crippen LogP contribution is -2.99. The van der Waals surface area contributed by atoms with Gasteiger partial charge in [-0.2, -0.15) is 5.23 Å². The van der Waals surface area contributed by atoms with E-state index in [4.69, 9.17) is 14.2 Å². The molecule has 0 radical (unpaired) electrons. The first-order chi connectivity index (χ1) is 12.2. The van der Waals surface area contributed by atoms with E-state index in [2.05, 4.69) is 0 Å². The van der Waals surface area contributed by atoms with E-state index in [-0.39, 0.29) is 12.3 Å². The maximum Gasteiger partial charge on any atom is 0.344 e. The summed E-state index contributed by atoms with van der Waals surface area (Å²) < 4.78 is 15.9. The van der Waals surface area contributed by atoms with Crippen molar-refractivity contribution in [1.82, 2.24) is 0 Å². The van der Waals surface area contributed by atoms with Crippen LogP contribution in [0, 0.1) is 11.1 Å². The van der Waals surface area contributed by atoms with E-state index in [9.17, 15) is 15.2 Å². The molecule has 2 N–H and O–H groups in total. The lowest BCUT2D eigenvalue weighted by Gasteiger charge is -2.23. The summed E-state index contributed by atoms with van der Waals surface area (Å²) in [6.07, 6.45) is 3.71. The van der Waals surface area contributed by atoms with Crippen LogP contribution in [0.4, 0.5) is 5.69 Å². The van der Waals surface area contributed by atoms with E-state index >= 15 is 0 Å². The second-order valence-electron chi connectivity index (χ2n) is 7.59. The van der Waals surface area contributed by atoms with Crippen LogP contribution in [0.3, 0.4) is 0 Å². The molecule has 1 aromatic carbocycles. The minimum absolute atomic E-state index is 0.221. The summed E-state index contributed by atoms with van der Waals surface area (Å²) in [7, 11) is 0. The van der Waals surface area contributed by atoms with Crippen molar-refractivity contribution in [3.8, 4) is 5.75 Å². The van der Waals surface area contributed by atoms with Crippen LogP contribution >= 0.6 is 0 Å². The number of esters is 1. The van der Waals surface area contributed by atoms with Gasteiger partial charge in [0.05, 0.1) is 0 Å². The molecule has 1 fully saturated rings. The van der Waals surface area contributed by atoms with Gasteiger partial charge in [-0.25, -0.2) is 10.0 Å². The fraction of sp³-hybridized carbons (Fsp3) is 0.632. The van der Waals surface area contributed by atoms with Gasteiger partial charge in [-0.05, 0) is 64.5 Å². The number of carbonyl (C=O) groups is 1. The fourth-order valence-corrected chi connectivity index (χ4v) is 2.97. The highest BCUT2D eigenvalue weighted by Gasteiger charge is 2.19. The van der Waals surface area contributed by atoms with Gasteiger partial charge < -0.3 is 19.4 Å². The lowest BCUT2D eigenvalue weighted by molar-refractivity contribution is -0.991. The third kappa shape index (κ3) is 6.92. The molecule has 1 atom stereocenters. The quantitative estimate of drug-likeness (QED) is 0.567. The van der Waals surface area contributed by atoms with Crippen molar-refractivity contribution in [2.45, 2.75) is 52.1 Å². The van der Waals surface area contributed by atoms with Gasteiger partial charge in [0, 0.05) is 24.8 Å². The van der Waals surface area contributed by atoms with Crippen LogP contribution in [-0.2, 0) is 20.7 Å². The Kier molecular flexibility index (Phi) is 7.40. The summed E-state index contributed by atoms with van der Waals surface area (Å²) in [5.74, 6) is 0.439. The van der Waals surface area contributed by atoms with Crippen molar-refractivity contribution >= 4 is 11.7 Å². The Morgan fingerprint density at radius 3 is 2.65 bits per heavy atom. The molecule has 2 rings (SSSR count). The number of carbonyl (C=O) groups excluding carboxylic acids is 1. The van der Waals surface area contributed by atoms with Crippen LogP contribution in [0.1, 0.15) is 45.6 Å². The highest BCUT2D eigenvalue weighted by atomic mass is 16.8. The molecule has 7 nitrogen and oxygen atoms in total. The number of ether oxygens (including phenoxy) is 3. The van der Waals surface area contributed by atoms with Gasteiger partial charge in [0.1, 0.15) is 11.4 Å². The van der Waals surface area contributed by atoms with Crippen molar-refractivity contribution in [3.05, 3.63) is 29.0 Å². The van der Waals surface area contributed by atoms with Crippen LogP contribution in [0.15, 0.2) is 18.2 Å². The van der Waals surface area contributed by atoms with Crippen LogP contribution < -0.4 is 9.96 Å². The first-order valence-corrected chi connectivity index (χ1v) is 9.03. The third-order valence-corrected chi connectivity index (χ3v) is 4.25. The molecule has 1 aromatic rings. The molecule has 1 aliphatic rings. The Morgan fingerprint density at radius 1 is 1.35 bits per heavy atom. The number of benzene rings is 1. The maximum atomic E-state index is 11.7. The average Bonchev–Trinajstić information content (AvgIpc) is 2.58. The molecule has 1 unspecified atom stereocenters. The lowest BCUT2D eigenvalue weighted by atomic mass is 9.92. The minimum atomic E-state index is -0.991. The Bertz CT molecular complexity index is 590. The Labute approximate surface area is 154 Å². The Balaban J connectivity index is 1.95. The first kappa shape index (κ1) is 20.6. The largest absolute Gasteiger partial charge is 0.595 e. The Morgan fingerprint density at radius 2 is 2.04 bits per heavy atom. The molecule has 1 saturated heterocycles. The fourth-order valence-electron chi connectivity index (χ4n) is 2.97. The van der Waals surface area contributed by atoms with Crippen LogP contribution in [0.25, 0.3) is 0 Å². The highest BCUT2D eigenvalue weighted by Crippen LogP contribution is 2.25. The van der Waals surface area contributed by atoms with E-state index in [1.54, 1.807) is 32.9 Å². The van der Waals surface area contributed by atoms with Crippen LogP contribution in [0.5, 0.6) is 5.75 Å². The van der Waals surface area contributed by atoms with Gasteiger partial charge in [0.25, 0.3) is 0 Å². The van der Waals surface area contributed by atoms with Gasteiger partial charge in [-0.3, -0.25) is 0 Å². The van der Waals surface area contributed by atoms with E-state index in [1.165, 1.54) is 6.07 Å². The van der Waals surface area contributed by atoms with Crippen LogP contribution in [0.2, 0.25) is 0 Å². The van der Waals surface area contributed by atoms with E-state index in [0.717, 1.165) is 38.0 Å². The SMILES string of the molecule is CC(C)(C)OC(=O)COc1ccc(CCC2CCOCC2)c([NH+]([O-])O)c1. The molecule has 7 heteroatoms. The number of aryl methyl sites for hydroxylation is 1. The van der Waals surface area contributed by atoms with Gasteiger partial charge in [-0.15, -0.1) is 0 Å². The summed E-state index contributed by atoms with van der Waals surface area (Å²) >= 11 is 0. The van der Waals surface area contributed by atoms with E-state index < -0.39 is 16.8 Å². The second-order valence-corrected chi connectivity index (χ2v) is 7.59. The molecule has 0 aliphatic carbocycles. The van der Waals surface area contributed by atoms with E-state index in [0.29, 0.717) is 18.1 Å². The standard InChI is InChI=1S/C19H29NO6/c1-19(2,3)26-18(21)13-25-16-7-6-15(17(12-16)20(22)23)5-4-14-8-10-24-11-9-14/h6-7,12,14,20,22H,4-5,8-11,13H2,1-3H3. The third-order valence-electron chi connectivity index (χ3n) is 4.25.